The number of aliphatic carboxylic acids is 1. The van der Waals surface area contributed by atoms with Crippen molar-refractivity contribution in [2.45, 2.75) is 25.4 Å². The van der Waals surface area contributed by atoms with Crippen LogP contribution in [0.2, 0.25) is 0 Å². The molecule has 33 heavy (non-hydrogen) atoms. The Morgan fingerprint density at radius 2 is 1.91 bits per heavy atom. The lowest BCUT2D eigenvalue weighted by Crippen LogP contribution is -2.39. The second kappa shape index (κ2) is 9.71. The average Bonchev–Trinajstić information content (AvgIpc) is 3.33. The van der Waals surface area contributed by atoms with Gasteiger partial charge in [-0.3, -0.25) is 4.79 Å². The number of aromatic nitrogens is 4. The number of alkyl halides is 3. The largest absolute Gasteiger partial charge is 0.490 e. The zero-order valence-corrected chi connectivity index (χ0v) is 17.2. The Bertz CT molecular complexity index is 1130. The van der Waals surface area contributed by atoms with Crippen molar-refractivity contribution in [1.82, 2.24) is 24.0 Å². The number of carbonyl (C=O) groups excluding carboxylic acids is 1. The number of hydrogen-bond acceptors (Lipinski definition) is 5. The second-order valence-corrected chi connectivity index (χ2v) is 7.10. The van der Waals surface area contributed by atoms with Crippen LogP contribution in [0.15, 0.2) is 49.2 Å². The molecule has 0 aliphatic carbocycles. The lowest BCUT2D eigenvalue weighted by atomic mass is 10.3. The maximum atomic E-state index is 13.9. The van der Waals surface area contributed by atoms with E-state index in [0.717, 1.165) is 5.69 Å². The van der Waals surface area contributed by atoms with Crippen LogP contribution in [-0.2, 0) is 24.9 Å². The molecule has 0 spiro atoms. The van der Waals surface area contributed by atoms with Crippen molar-refractivity contribution >= 4 is 11.9 Å². The highest BCUT2D eigenvalue weighted by Gasteiger charge is 2.38. The first kappa shape index (κ1) is 23.8. The first-order chi connectivity index (χ1) is 15.5. The molecule has 13 heteroatoms. The molecule has 3 aromatic rings. The van der Waals surface area contributed by atoms with E-state index in [0.29, 0.717) is 25.3 Å². The van der Waals surface area contributed by atoms with E-state index in [9.17, 15) is 22.4 Å². The molecule has 0 radical (unpaired) electrons. The number of ether oxygens (including phenoxy) is 1. The Kier molecular flexibility index (Phi) is 6.99. The van der Waals surface area contributed by atoms with Gasteiger partial charge in [0.1, 0.15) is 11.8 Å². The van der Waals surface area contributed by atoms with Crippen LogP contribution in [0.25, 0.3) is 0 Å². The summed E-state index contributed by atoms with van der Waals surface area (Å²) in [5, 5.41) is 7.12. The van der Waals surface area contributed by atoms with E-state index >= 15 is 0 Å². The summed E-state index contributed by atoms with van der Waals surface area (Å²) in [6, 6.07) is 6.69. The third kappa shape index (κ3) is 6.08. The van der Waals surface area contributed by atoms with Gasteiger partial charge >= 0.3 is 12.1 Å². The van der Waals surface area contributed by atoms with Crippen LogP contribution in [0.4, 0.5) is 17.6 Å². The van der Waals surface area contributed by atoms with Gasteiger partial charge in [0.25, 0.3) is 11.8 Å². The Morgan fingerprint density at radius 3 is 2.52 bits per heavy atom. The van der Waals surface area contributed by atoms with Gasteiger partial charge in [0.15, 0.2) is 5.82 Å². The summed E-state index contributed by atoms with van der Waals surface area (Å²) in [6.07, 6.45) is 1.16. The Hall–Kier alpha value is -3.90. The number of imidazole rings is 1. The summed E-state index contributed by atoms with van der Waals surface area (Å²) in [7, 11) is 1.81. The third-order valence-electron chi connectivity index (χ3n) is 4.56. The SMILES string of the molecule is Cn1cnc(C(=O)N2Cc3cccn3CC(Oc3ncccc3F)C2)c1.O=C(O)C(F)(F)F. The van der Waals surface area contributed by atoms with Gasteiger partial charge in [0.2, 0.25) is 0 Å². The second-order valence-electron chi connectivity index (χ2n) is 7.10. The number of amides is 1. The molecular weight excluding hydrogens is 450 g/mol. The maximum absolute atomic E-state index is 13.9. The molecule has 3 aromatic heterocycles. The molecule has 1 aliphatic heterocycles. The molecule has 9 nitrogen and oxygen atoms in total. The number of rotatable bonds is 3. The zero-order valence-electron chi connectivity index (χ0n) is 17.2. The molecule has 0 fully saturated rings. The number of carboxylic acids is 1. The van der Waals surface area contributed by atoms with Crippen LogP contribution >= 0.6 is 0 Å². The summed E-state index contributed by atoms with van der Waals surface area (Å²) in [4.78, 5) is 31.5. The highest BCUT2D eigenvalue weighted by molar-refractivity contribution is 5.92. The van der Waals surface area contributed by atoms with E-state index in [1.165, 1.54) is 18.3 Å². The lowest BCUT2D eigenvalue weighted by molar-refractivity contribution is -0.192. The van der Waals surface area contributed by atoms with Crippen molar-refractivity contribution in [3.05, 3.63) is 66.4 Å². The van der Waals surface area contributed by atoms with Crippen molar-refractivity contribution in [2.75, 3.05) is 6.54 Å². The fraction of sp³-hybridized carbons (Fsp3) is 0.300. The van der Waals surface area contributed by atoms with Crippen molar-refractivity contribution < 1.29 is 37.0 Å². The lowest BCUT2D eigenvalue weighted by Gasteiger charge is -2.24. The molecule has 1 N–H and O–H groups in total. The molecule has 1 aliphatic rings. The number of aryl methyl sites for hydroxylation is 1. The van der Waals surface area contributed by atoms with E-state index < -0.39 is 24.1 Å². The van der Waals surface area contributed by atoms with E-state index in [2.05, 4.69) is 9.97 Å². The molecule has 176 valence electrons. The van der Waals surface area contributed by atoms with Crippen LogP contribution in [0, 0.1) is 5.82 Å². The first-order valence-corrected chi connectivity index (χ1v) is 9.53. The average molecular weight is 469 g/mol. The van der Waals surface area contributed by atoms with Crippen molar-refractivity contribution in [2.24, 2.45) is 7.05 Å². The van der Waals surface area contributed by atoms with Crippen LogP contribution in [0.5, 0.6) is 5.88 Å². The van der Waals surface area contributed by atoms with Gasteiger partial charge in [0.05, 0.1) is 26.0 Å². The van der Waals surface area contributed by atoms with Gasteiger partial charge in [-0.2, -0.15) is 13.2 Å². The smallest absolute Gasteiger partial charge is 0.475 e. The van der Waals surface area contributed by atoms with E-state index in [1.807, 2.05) is 29.9 Å². The van der Waals surface area contributed by atoms with Crippen molar-refractivity contribution in [3.63, 3.8) is 0 Å². The van der Waals surface area contributed by atoms with Crippen LogP contribution in [0.1, 0.15) is 16.2 Å². The summed E-state index contributed by atoms with van der Waals surface area (Å²) in [6.45, 7) is 1.25. The van der Waals surface area contributed by atoms with Crippen molar-refractivity contribution in [1.29, 1.82) is 0 Å². The number of pyridine rings is 1. The predicted octanol–water partition coefficient (Wildman–Crippen LogP) is 2.49. The Morgan fingerprint density at radius 1 is 1.18 bits per heavy atom. The summed E-state index contributed by atoms with van der Waals surface area (Å²) >= 11 is 0. The molecule has 0 saturated heterocycles. The number of nitrogens with zero attached hydrogens (tertiary/aromatic N) is 5. The van der Waals surface area contributed by atoms with Gasteiger partial charge < -0.3 is 23.9 Å². The molecule has 4 rings (SSSR count). The van der Waals surface area contributed by atoms with E-state index in [1.54, 1.807) is 22.0 Å². The van der Waals surface area contributed by atoms with Crippen LogP contribution in [-0.4, -0.2) is 59.8 Å². The summed E-state index contributed by atoms with van der Waals surface area (Å²) in [5.41, 5.74) is 1.36. The number of fused-ring (bicyclic) bond motifs is 1. The third-order valence-corrected chi connectivity index (χ3v) is 4.56. The standard InChI is InChI=1S/C18H18FN5O2.C2HF3O2/c1-22-11-16(21-12-22)18(25)24-8-13-4-3-7-23(13)9-14(10-24)26-17-15(19)5-2-6-20-17;3-2(4,5)1(6)7/h2-7,11-12,14H,8-10H2,1H3;(H,6,7). The maximum Gasteiger partial charge on any atom is 0.490 e. The summed E-state index contributed by atoms with van der Waals surface area (Å²) in [5.74, 6) is -3.52. The van der Waals surface area contributed by atoms with Crippen LogP contribution < -0.4 is 4.74 Å². The predicted molar refractivity (Wildman–Crippen MR) is 105 cm³/mol. The molecule has 4 heterocycles. The van der Waals surface area contributed by atoms with Crippen molar-refractivity contribution in [3.8, 4) is 5.88 Å². The van der Waals surface area contributed by atoms with Gasteiger partial charge in [0, 0.05) is 31.3 Å². The number of carbonyl (C=O) groups is 2. The van der Waals surface area contributed by atoms with E-state index in [-0.39, 0.29) is 11.8 Å². The van der Waals surface area contributed by atoms with E-state index in [4.69, 9.17) is 14.6 Å². The summed E-state index contributed by atoms with van der Waals surface area (Å²) < 4.78 is 55.2. The monoisotopic (exact) mass is 469 g/mol. The highest BCUT2D eigenvalue weighted by Crippen LogP contribution is 2.20. The fourth-order valence-corrected chi connectivity index (χ4v) is 3.08. The minimum atomic E-state index is -5.08. The molecule has 0 saturated carbocycles. The topological polar surface area (TPSA) is 102 Å². The molecule has 1 atom stereocenters. The van der Waals surface area contributed by atoms with Crippen LogP contribution in [0.3, 0.4) is 0 Å². The van der Waals surface area contributed by atoms with Gasteiger partial charge in [-0.15, -0.1) is 0 Å². The van der Waals surface area contributed by atoms with Gasteiger partial charge in [-0.1, -0.05) is 0 Å². The molecule has 0 bridgehead atoms. The first-order valence-electron chi connectivity index (χ1n) is 9.53. The minimum Gasteiger partial charge on any atom is -0.475 e. The number of halogens is 4. The normalized spacial score (nSPS) is 15.7. The Balaban J connectivity index is 0.000000383. The highest BCUT2D eigenvalue weighted by atomic mass is 19.4. The molecule has 1 unspecified atom stereocenters. The number of hydrogen-bond donors (Lipinski definition) is 1. The quantitative estimate of drug-likeness (QED) is 0.592. The fourth-order valence-electron chi connectivity index (χ4n) is 3.08. The van der Waals surface area contributed by atoms with Gasteiger partial charge in [-0.25, -0.2) is 19.2 Å². The van der Waals surface area contributed by atoms with Gasteiger partial charge in [-0.05, 0) is 24.3 Å². The molecule has 0 aromatic carbocycles. The molecule has 1 amide bonds. The zero-order chi connectivity index (χ0) is 24.2. The number of carboxylic acid groups (broad SMARTS) is 1. The minimum absolute atomic E-state index is 0.0571. The Labute approximate surface area is 184 Å². The molecular formula is C20H19F4N5O4.